The van der Waals surface area contributed by atoms with Gasteiger partial charge in [0.05, 0.1) is 12.8 Å². The molecule has 0 spiro atoms. The molecule has 106 valence electrons. The molecule has 0 N–H and O–H groups in total. The predicted octanol–water partition coefficient (Wildman–Crippen LogP) is 3.19. The average Bonchev–Trinajstić information content (AvgIpc) is 2.46. The summed E-state index contributed by atoms with van der Waals surface area (Å²) in [7, 11) is 0. The van der Waals surface area contributed by atoms with Gasteiger partial charge in [0.1, 0.15) is 6.61 Å². The lowest BCUT2D eigenvalue weighted by molar-refractivity contribution is -0.137. The summed E-state index contributed by atoms with van der Waals surface area (Å²) in [6.07, 6.45) is 8.41. The van der Waals surface area contributed by atoms with Gasteiger partial charge in [0, 0.05) is 6.08 Å². The molecule has 1 rings (SSSR count). The Hall–Kier alpha value is -2.36. The van der Waals surface area contributed by atoms with Gasteiger partial charge in [0.15, 0.2) is 0 Å². The van der Waals surface area contributed by atoms with E-state index in [1.165, 1.54) is 6.08 Å². The number of esters is 1. The van der Waals surface area contributed by atoms with Crippen LogP contribution in [0.2, 0.25) is 0 Å². The molecule has 0 fully saturated rings. The van der Waals surface area contributed by atoms with Gasteiger partial charge in [-0.15, -0.1) is 0 Å². The third-order valence-corrected chi connectivity index (χ3v) is 2.26. The summed E-state index contributed by atoms with van der Waals surface area (Å²) in [6.45, 7) is 4.61. The fourth-order valence-corrected chi connectivity index (χ4v) is 1.36. The van der Waals surface area contributed by atoms with Gasteiger partial charge in [0.25, 0.3) is 0 Å². The first kappa shape index (κ1) is 15.7. The number of oxime groups is 1. The molecule has 0 saturated carbocycles. The third kappa shape index (κ3) is 6.54. The van der Waals surface area contributed by atoms with E-state index in [1.807, 2.05) is 37.3 Å². The second-order valence-corrected chi connectivity index (χ2v) is 3.79. The number of hydrogen-bond acceptors (Lipinski definition) is 4. The molecule has 4 heteroatoms. The van der Waals surface area contributed by atoms with Crippen LogP contribution >= 0.6 is 0 Å². The van der Waals surface area contributed by atoms with Gasteiger partial charge in [-0.2, -0.15) is 0 Å². The van der Waals surface area contributed by atoms with Gasteiger partial charge < -0.3 is 9.57 Å². The van der Waals surface area contributed by atoms with Gasteiger partial charge in [0.2, 0.25) is 0 Å². The summed E-state index contributed by atoms with van der Waals surface area (Å²) in [6, 6.07) is 7.80. The van der Waals surface area contributed by atoms with E-state index in [2.05, 4.69) is 5.16 Å². The Kier molecular flexibility index (Phi) is 7.50. The van der Waals surface area contributed by atoms with Crippen LogP contribution in [0.4, 0.5) is 0 Å². The van der Waals surface area contributed by atoms with Crippen molar-refractivity contribution in [2.75, 3.05) is 13.2 Å². The molecule has 0 amide bonds. The summed E-state index contributed by atoms with van der Waals surface area (Å²) >= 11 is 0. The molecule has 1 aromatic carbocycles. The van der Waals surface area contributed by atoms with Crippen molar-refractivity contribution < 1.29 is 14.4 Å². The number of nitrogens with zero attached hydrogens (tertiary/aromatic N) is 1. The first-order valence-corrected chi connectivity index (χ1v) is 6.53. The molecule has 20 heavy (non-hydrogen) atoms. The normalized spacial score (nSPS) is 11.5. The average molecular weight is 273 g/mol. The van der Waals surface area contributed by atoms with E-state index in [0.29, 0.717) is 13.2 Å². The largest absolute Gasteiger partial charge is 0.463 e. The summed E-state index contributed by atoms with van der Waals surface area (Å²) < 4.78 is 4.77. The number of allylic oxidation sites excluding steroid dienone is 2. The van der Waals surface area contributed by atoms with Crippen LogP contribution in [-0.2, 0) is 14.4 Å². The second-order valence-electron chi connectivity index (χ2n) is 3.79. The van der Waals surface area contributed by atoms with E-state index in [0.717, 1.165) is 11.1 Å². The van der Waals surface area contributed by atoms with Crippen LogP contribution in [0.15, 0.2) is 47.6 Å². The van der Waals surface area contributed by atoms with Gasteiger partial charge >= 0.3 is 5.97 Å². The van der Waals surface area contributed by atoms with Crippen LogP contribution in [0.25, 0.3) is 6.08 Å². The highest BCUT2D eigenvalue weighted by atomic mass is 16.6. The molecule has 0 aromatic heterocycles. The zero-order valence-corrected chi connectivity index (χ0v) is 11.8. The van der Waals surface area contributed by atoms with Crippen molar-refractivity contribution in [2.24, 2.45) is 5.16 Å². The molecule has 0 atom stereocenters. The van der Waals surface area contributed by atoms with E-state index in [4.69, 9.17) is 9.57 Å². The predicted molar refractivity (Wildman–Crippen MR) is 80.5 cm³/mol. The van der Waals surface area contributed by atoms with Crippen molar-refractivity contribution in [3.05, 3.63) is 53.6 Å². The van der Waals surface area contributed by atoms with Crippen LogP contribution in [0.3, 0.4) is 0 Å². The maximum absolute atomic E-state index is 11.1. The Labute approximate surface area is 119 Å². The van der Waals surface area contributed by atoms with Crippen LogP contribution in [-0.4, -0.2) is 25.4 Å². The minimum absolute atomic E-state index is 0.334. The monoisotopic (exact) mass is 273 g/mol. The smallest absolute Gasteiger partial charge is 0.330 e. The molecule has 1 aromatic rings. The van der Waals surface area contributed by atoms with E-state index in [-0.39, 0.29) is 5.97 Å². The quantitative estimate of drug-likeness (QED) is 0.252. The van der Waals surface area contributed by atoms with Gasteiger partial charge in [-0.25, -0.2) is 4.79 Å². The molecule has 0 aliphatic rings. The molecule has 0 saturated heterocycles. The van der Waals surface area contributed by atoms with Crippen molar-refractivity contribution in [3.63, 3.8) is 0 Å². The molecule has 4 nitrogen and oxygen atoms in total. The van der Waals surface area contributed by atoms with Crippen molar-refractivity contribution in [2.45, 2.75) is 13.8 Å². The third-order valence-electron chi connectivity index (χ3n) is 2.26. The Morgan fingerprint density at radius 3 is 2.45 bits per heavy atom. The maximum atomic E-state index is 11.1. The Bertz CT molecular complexity index is 487. The number of hydrogen-bond donors (Lipinski definition) is 0. The van der Waals surface area contributed by atoms with E-state index in [1.54, 1.807) is 25.3 Å². The number of rotatable bonds is 7. The standard InChI is InChI=1S/C16H19NO3/c1-3-19-16(18)8-6-5-7-14-9-11-15(12-10-14)13-17-20-4-2/h5-13H,3-4H2,1-2H3/b7-5+,8-6+,17-13+. The Balaban J connectivity index is 2.50. The first-order chi connectivity index (χ1) is 9.76. The van der Waals surface area contributed by atoms with Crippen molar-refractivity contribution in [1.82, 2.24) is 0 Å². The zero-order chi connectivity index (χ0) is 14.6. The molecule has 0 bridgehead atoms. The molecule has 0 heterocycles. The lowest BCUT2D eigenvalue weighted by atomic mass is 10.1. The lowest BCUT2D eigenvalue weighted by Crippen LogP contribution is -1.98. The summed E-state index contributed by atoms with van der Waals surface area (Å²) in [4.78, 5) is 15.9. The SMILES string of the molecule is CCO/N=C/c1ccc(/C=C/C=C/C(=O)OCC)cc1. The Morgan fingerprint density at radius 1 is 1.10 bits per heavy atom. The number of benzene rings is 1. The highest BCUT2D eigenvalue weighted by Gasteiger charge is 1.91. The summed E-state index contributed by atoms with van der Waals surface area (Å²) in [5.41, 5.74) is 2.00. The minimum Gasteiger partial charge on any atom is -0.463 e. The highest BCUT2D eigenvalue weighted by Crippen LogP contribution is 2.05. The summed E-state index contributed by atoms with van der Waals surface area (Å²) in [5.74, 6) is -0.334. The van der Waals surface area contributed by atoms with Gasteiger partial charge in [-0.05, 0) is 25.0 Å². The van der Waals surface area contributed by atoms with E-state index < -0.39 is 0 Å². The number of carbonyl (C=O) groups excluding carboxylic acids is 1. The van der Waals surface area contributed by atoms with Crippen LogP contribution < -0.4 is 0 Å². The van der Waals surface area contributed by atoms with Crippen molar-refractivity contribution in [1.29, 1.82) is 0 Å². The van der Waals surface area contributed by atoms with Crippen LogP contribution in [0, 0.1) is 0 Å². The van der Waals surface area contributed by atoms with Gasteiger partial charge in [-0.3, -0.25) is 0 Å². The second kappa shape index (κ2) is 9.55. The molecule has 0 radical (unpaired) electrons. The lowest BCUT2D eigenvalue weighted by Gasteiger charge is -1.95. The number of carbonyl (C=O) groups is 1. The van der Waals surface area contributed by atoms with Gasteiger partial charge in [-0.1, -0.05) is 47.6 Å². The molecular formula is C16H19NO3. The van der Waals surface area contributed by atoms with Crippen molar-refractivity contribution in [3.8, 4) is 0 Å². The fraction of sp³-hybridized carbons (Fsp3) is 0.250. The first-order valence-electron chi connectivity index (χ1n) is 6.53. The maximum Gasteiger partial charge on any atom is 0.330 e. The van der Waals surface area contributed by atoms with Crippen LogP contribution in [0.1, 0.15) is 25.0 Å². The zero-order valence-electron chi connectivity index (χ0n) is 11.8. The molecule has 0 unspecified atom stereocenters. The molecule has 0 aliphatic carbocycles. The van der Waals surface area contributed by atoms with Crippen LogP contribution in [0.5, 0.6) is 0 Å². The summed E-state index contributed by atoms with van der Waals surface area (Å²) in [5, 5.41) is 3.80. The fourth-order valence-electron chi connectivity index (χ4n) is 1.36. The molecular weight excluding hydrogens is 254 g/mol. The Morgan fingerprint density at radius 2 is 1.80 bits per heavy atom. The highest BCUT2D eigenvalue weighted by molar-refractivity contribution is 5.82. The molecule has 0 aliphatic heterocycles. The van der Waals surface area contributed by atoms with E-state index >= 15 is 0 Å². The van der Waals surface area contributed by atoms with Crippen molar-refractivity contribution >= 4 is 18.3 Å². The number of ether oxygens (including phenoxy) is 1. The topological polar surface area (TPSA) is 47.9 Å². The van der Waals surface area contributed by atoms with E-state index in [9.17, 15) is 4.79 Å². The minimum atomic E-state index is -0.334.